The molecular weight excluding hydrogens is 186 g/mol. The molecule has 1 rings (SSSR count). The van der Waals surface area contributed by atoms with Crippen LogP contribution in [0.3, 0.4) is 0 Å². The van der Waals surface area contributed by atoms with Crippen molar-refractivity contribution in [3.8, 4) is 0 Å². The number of hydrogen-bond acceptors (Lipinski definition) is 3. The van der Waals surface area contributed by atoms with Crippen LogP contribution in [0.5, 0.6) is 0 Å². The number of aliphatic carboxylic acids is 1. The molecule has 0 heterocycles. The molecule has 1 amide bonds. The van der Waals surface area contributed by atoms with Gasteiger partial charge in [-0.3, -0.25) is 9.59 Å². The fraction of sp³-hybridized carbons (Fsp3) is 0.778. The Morgan fingerprint density at radius 3 is 2.71 bits per heavy atom. The van der Waals surface area contributed by atoms with Gasteiger partial charge in [-0.25, -0.2) is 0 Å². The molecule has 1 saturated carbocycles. The predicted molar refractivity (Wildman–Crippen MR) is 48.7 cm³/mol. The highest BCUT2D eigenvalue weighted by Gasteiger charge is 2.48. The third-order valence-corrected chi connectivity index (χ3v) is 2.27. The van der Waals surface area contributed by atoms with Crippen molar-refractivity contribution in [3.63, 3.8) is 0 Å². The maximum Gasteiger partial charge on any atom is 0.307 e. The van der Waals surface area contributed by atoms with Gasteiger partial charge >= 0.3 is 5.97 Å². The summed E-state index contributed by atoms with van der Waals surface area (Å²) in [7, 11) is 1.60. The SMILES string of the molecule is COCCCNC(=O)[C@@H]1C[C@@H]1C(=O)O. The molecule has 0 spiro atoms. The summed E-state index contributed by atoms with van der Waals surface area (Å²) < 4.78 is 4.81. The summed E-state index contributed by atoms with van der Waals surface area (Å²) in [4.78, 5) is 21.7. The largest absolute Gasteiger partial charge is 0.481 e. The second-order valence-corrected chi connectivity index (χ2v) is 3.42. The fourth-order valence-corrected chi connectivity index (χ4v) is 1.32. The van der Waals surface area contributed by atoms with Crippen LogP contribution in [0.25, 0.3) is 0 Å². The van der Waals surface area contributed by atoms with Crippen LogP contribution in [0, 0.1) is 11.8 Å². The minimum absolute atomic E-state index is 0.145. The molecule has 0 unspecified atom stereocenters. The molecule has 5 nitrogen and oxygen atoms in total. The van der Waals surface area contributed by atoms with Crippen molar-refractivity contribution in [2.24, 2.45) is 11.8 Å². The van der Waals surface area contributed by atoms with Gasteiger partial charge in [-0.1, -0.05) is 0 Å². The number of methoxy groups -OCH3 is 1. The second-order valence-electron chi connectivity index (χ2n) is 3.42. The summed E-state index contributed by atoms with van der Waals surface area (Å²) >= 11 is 0. The van der Waals surface area contributed by atoms with Crippen molar-refractivity contribution in [2.75, 3.05) is 20.3 Å². The topological polar surface area (TPSA) is 75.6 Å². The molecule has 1 aliphatic carbocycles. The van der Waals surface area contributed by atoms with E-state index < -0.39 is 11.9 Å². The number of rotatable bonds is 6. The molecule has 0 aromatic heterocycles. The van der Waals surface area contributed by atoms with Gasteiger partial charge < -0.3 is 15.2 Å². The number of amides is 1. The van der Waals surface area contributed by atoms with Gasteiger partial charge in [0, 0.05) is 20.3 Å². The molecule has 0 aromatic carbocycles. The van der Waals surface area contributed by atoms with E-state index in [1.54, 1.807) is 7.11 Å². The van der Waals surface area contributed by atoms with Crippen LogP contribution in [0.1, 0.15) is 12.8 Å². The maximum atomic E-state index is 11.3. The van der Waals surface area contributed by atoms with Gasteiger partial charge in [-0.15, -0.1) is 0 Å². The molecule has 80 valence electrons. The monoisotopic (exact) mass is 201 g/mol. The van der Waals surface area contributed by atoms with Gasteiger partial charge in [0.05, 0.1) is 11.8 Å². The van der Waals surface area contributed by atoms with Gasteiger partial charge in [-0.2, -0.15) is 0 Å². The Morgan fingerprint density at radius 2 is 2.21 bits per heavy atom. The first-order chi connectivity index (χ1) is 6.66. The van der Waals surface area contributed by atoms with E-state index in [9.17, 15) is 9.59 Å². The molecule has 2 atom stereocenters. The van der Waals surface area contributed by atoms with E-state index >= 15 is 0 Å². The molecule has 0 aliphatic heterocycles. The smallest absolute Gasteiger partial charge is 0.307 e. The van der Waals surface area contributed by atoms with E-state index in [0.717, 1.165) is 6.42 Å². The van der Waals surface area contributed by atoms with Crippen LogP contribution < -0.4 is 5.32 Å². The predicted octanol–water partition coefficient (Wildman–Crippen LogP) is -0.140. The Hall–Kier alpha value is -1.10. The zero-order valence-corrected chi connectivity index (χ0v) is 8.16. The van der Waals surface area contributed by atoms with Gasteiger partial charge in [0.2, 0.25) is 5.91 Å². The van der Waals surface area contributed by atoms with Crippen molar-refractivity contribution >= 4 is 11.9 Å². The van der Waals surface area contributed by atoms with Crippen LogP contribution in [-0.2, 0) is 14.3 Å². The average Bonchev–Trinajstić information content (AvgIpc) is 2.91. The highest BCUT2D eigenvalue weighted by atomic mass is 16.5. The Bertz CT molecular complexity index is 229. The van der Waals surface area contributed by atoms with E-state index in [1.807, 2.05) is 0 Å². The van der Waals surface area contributed by atoms with Crippen molar-refractivity contribution in [1.29, 1.82) is 0 Å². The minimum Gasteiger partial charge on any atom is -0.481 e. The molecule has 0 bridgehead atoms. The number of carboxylic acids is 1. The van der Waals surface area contributed by atoms with Gasteiger partial charge in [-0.05, 0) is 12.8 Å². The fourth-order valence-electron chi connectivity index (χ4n) is 1.32. The summed E-state index contributed by atoms with van der Waals surface area (Å²) in [6.45, 7) is 1.16. The molecule has 5 heteroatoms. The quantitative estimate of drug-likeness (QED) is 0.586. The van der Waals surface area contributed by atoms with Crippen LogP contribution >= 0.6 is 0 Å². The Morgan fingerprint density at radius 1 is 1.50 bits per heavy atom. The first kappa shape index (κ1) is 11.0. The van der Waals surface area contributed by atoms with Crippen LogP contribution in [0.2, 0.25) is 0 Å². The number of carbonyl (C=O) groups is 2. The molecule has 0 saturated heterocycles. The highest BCUT2D eigenvalue weighted by Crippen LogP contribution is 2.38. The van der Waals surface area contributed by atoms with E-state index in [0.29, 0.717) is 19.6 Å². The van der Waals surface area contributed by atoms with Crippen molar-refractivity contribution < 1.29 is 19.4 Å². The lowest BCUT2D eigenvalue weighted by Gasteiger charge is -2.03. The molecule has 0 radical (unpaired) electrons. The normalized spacial score (nSPS) is 24.4. The lowest BCUT2D eigenvalue weighted by atomic mass is 10.3. The average molecular weight is 201 g/mol. The standard InChI is InChI=1S/C9H15NO4/c1-14-4-2-3-10-8(11)6-5-7(6)9(12)13/h6-7H,2-5H2,1H3,(H,10,11)(H,12,13)/t6-,7+/m1/s1. The first-order valence-corrected chi connectivity index (χ1v) is 4.66. The highest BCUT2D eigenvalue weighted by molar-refractivity contribution is 5.89. The molecule has 1 aliphatic rings. The molecular formula is C9H15NO4. The Kier molecular flexibility index (Phi) is 3.88. The van der Waals surface area contributed by atoms with E-state index in [2.05, 4.69) is 5.32 Å². The van der Waals surface area contributed by atoms with Crippen molar-refractivity contribution in [2.45, 2.75) is 12.8 Å². The summed E-state index contributed by atoms with van der Waals surface area (Å²) in [5, 5.41) is 11.3. The van der Waals surface area contributed by atoms with E-state index in [1.165, 1.54) is 0 Å². The van der Waals surface area contributed by atoms with E-state index in [4.69, 9.17) is 9.84 Å². The molecule has 2 N–H and O–H groups in total. The summed E-state index contributed by atoms with van der Waals surface area (Å²) in [5.41, 5.74) is 0. The lowest BCUT2D eigenvalue weighted by molar-refractivity contribution is -0.140. The molecule has 0 aromatic rings. The van der Waals surface area contributed by atoms with Crippen LogP contribution in [0.15, 0.2) is 0 Å². The molecule has 1 fully saturated rings. The summed E-state index contributed by atoms with van der Waals surface area (Å²) in [5.74, 6) is -1.79. The van der Waals surface area contributed by atoms with E-state index in [-0.39, 0.29) is 11.8 Å². The molecule has 14 heavy (non-hydrogen) atoms. The van der Waals surface area contributed by atoms with Crippen molar-refractivity contribution in [1.82, 2.24) is 5.32 Å². The van der Waals surface area contributed by atoms with Crippen LogP contribution in [-0.4, -0.2) is 37.2 Å². The third-order valence-electron chi connectivity index (χ3n) is 2.27. The van der Waals surface area contributed by atoms with Crippen LogP contribution in [0.4, 0.5) is 0 Å². The van der Waals surface area contributed by atoms with Crippen molar-refractivity contribution in [3.05, 3.63) is 0 Å². The number of hydrogen-bond donors (Lipinski definition) is 2. The Balaban J connectivity index is 2.09. The zero-order chi connectivity index (χ0) is 10.6. The van der Waals surface area contributed by atoms with Gasteiger partial charge in [0.15, 0.2) is 0 Å². The lowest BCUT2D eigenvalue weighted by Crippen LogP contribution is -2.27. The minimum atomic E-state index is -0.873. The number of carboxylic acid groups (broad SMARTS) is 1. The number of ether oxygens (including phenoxy) is 1. The summed E-state index contributed by atoms with van der Waals surface area (Å²) in [6, 6.07) is 0. The number of nitrogens with one attached hydrogen (secondary N) is 1. The Labute approximate surface area is 82.4 Å². The second kappa shape index (κ2) is 4.95. The summed E-state index contributed by atoms with van der Waals surface area (Å²) in [6.07, 6.45) is 1.23. The van der Waals surface area contributed by atoms with Gasteiger partial charge in [0.1, 0.15) is 0 Å². The first-order valence-electron chi connectivity index (χ1n) is 4.66. The van der Waals surface area contributed by atoms with Gasteiger partial charge in [0.25, 0.3) is 0 Å². The number of carbonyl (C=O) groups excluding carboxylic acids is 1. The third kappa shape index (κ3) is 2.99. The zero-order valence-electron chi connectivity index (χ0n) is 8.16. The maximum absolute atomic E-state index is 11.3.